The van der Waals surface area contributed by atoms with Gasteiger partial charge in [0, 0.05) is 18.5 Å². The molecule has 1 heterocycles. The van der Waals surface area contributed by atoms with Crippen LogP contribution in [0.25, 0.3) is 11.4 Å². The monoisotopic (exact) mass is 215 g/mol. The van der Waals surface area contributed by atoms with Crippen molar-refractivity contribution >= 4 is 0 Å². The molecular weight excluding hydrogens is 202 g/mol. The number of aryl methyl sites for hydroxylation is 1. The van der Waals surface area contributed by atoms with Crippen LogP contribution in [-0.4, -0.2) is 19.9 Å². The summed E-state index contributed by atoms with van der Waals surface area (Å²) in [5.41, 5.74) is 0.945. The van der Waals surface area contributed by atoms with Gasteiger partial charge in [-0.25, -0.2) is 4.98 Å². The van der Waals surface area contributed by atoms with Crippen LogP contribution in [0.5, 0.6) is 5.75 Å². The highest BCUT2D eigenvalue weighted by Crippen LogP contribution is 2.39. The number of aromatic nitrogens is 3. The van der Waals surface area contributed by atoms with Crippen LogP contribution in [0.4, 0.5) is 0 Å². The number of hydrogen-bond acceptors (Lipinski definition) is 3. The summed E-state index contributed by atoms with van der Waals surface area (Å²) < 4.78 is 1.86. The molecule has 1 aromatic carbocycles. The Kier molecular flexibility index (Phi) is 1.96. The SMILES string of the molecule is Cn1nc(-c2ccc(O)cc2)nc1C1CC1. The van der Waals surface area contributed by atoms with E-state index in [1.807, 2.05) is 23.9 Å². The molecule has 0 amide bonds. The summed E-state index contributed by atoms with van der Waals surface area (Å²) in [5.74, 6) is 2.68. The summed E-state index contributed by atoms with van der Waals surface area (Å²) >= 11 is 0. The number of hydrogen-bond donors (Lipinski definition) is 1. The van der Waals surface area contributed by atoms with Crippen LogP contribution in [0.2, 0.25) is 0 Å². The first-order chi connectivity index (χ1) is 7.74. The van der Waals surface area contributed by atoms with Gasteiger partial charge in [0.1, 0.15) is 11.6 Å². The number of benzene rings is 1. The van der Waals surface area contributed by atoms with Gasteiger partial charge in [-0.15, -0.1) is 0 Å². The minimum absolute atomic E-state index is 0.266. The Morgan fingerprint density at radius 1 is 1.25 bits per heavy atom. The third-order valence-electron chi connectivity index (χ3n) is 2.86. The fourth-order valence-electron chi connectivity index (χ4n) is 1.83. The van der Waals surface area contributed by atoms with Gasteiger partial charge in [0.05, 0.1) is 0 Å². The Bertz CT molecular complexity index is 512. The van der Waals surface area contributed by atoms with E-state index in [4.69, 9.17) is 0 Å². The first-order valence-electron chi connectivity index (χ1n) is 5.44. The van der Waals surface area contributed by atoms with Crippen molar-refractivity contribution in [1.82, 2.24) is 14.8 Å². The third-order valence-corrected chi connectivity index (χ3v) is 2.86. The lowest BCUT2D eigenvalue weighted by Gasteiger charge is -1.94. The van der Waals surface area contributed by atoms with Crippen molar-refractivity contribution in [3.05, 3.63) is 30.1 Å². The minimum Gasteiger partial charge on any atom is -0.508 e. The molecule has 1 aromatic heterocycles. The zero-order chi connectivity index (χ0) is 11.1. The van der Waals surface area contributed by atoms with Gasteiger partial charge >= 0.3 is 0 Å². The molecule has 0 spiro atoms. The molecule has 0 radical (unpaired) electrons. The first kappa shape index (κ1) is 9.39. The molecule has 0 aliphatic heterocycles. The van der Waals surface area contributed by atoms with Gasteiger partial charge < -0.3 is 5.11 Å². The molecule has 1 N–H and O–H groups in total. The van der Waals surface area contributed by atoms with Crippen LogP contribution in [0.15, 0.2) is 24.3 Å². The molecule has 0 unspecified atom stereocenters. The summed E-state index contributed by atoms with van der Waals surface area (Å²) in [6.45, 7) is 0. The Labute approximate surface area is 93.6 Å². The van der Waals surface area contributed by atoms with E-state index in [1.165, 1.54) is 12.8 Å². The molecule has 82 valence electrons. The van der Waals surface area contributed by atoms with Crippen LogP contribution in [0.1, 0.15) is 24.6 Å². The lowest BCUT2D eigenvalue weighted by Crippen LogP contribution is -1.96. The maximum absolute atomic E-state index is 9.22. The normalized spacial score (nSPS) is 15.3. The third kappa shape index (κ3) is 1.56. The molecule has 4 nitrogen and oxygen atoms in total. The fraction of sp³-hybridized carbons (Fsp3) is 0.333. The summed E-state index contributed by atoms with van der Waals surface area (Å²) in [6, 6.07) is 6.98. The molecule has 1 fully saturated rings. The first-order valence-corrected chi connectivity index (χ1v) is 5.44. The van der Waals surface area contributed by atoms with E-state index in [0.29, 0.717) is 5.92 Å². The number of aromatic hydroxyl groups is 1. The molecule has 3 rings (SSSR count). The fourth-order valence-corrected chi connectivity index (χ4v) is 1.83. The topological polar surface area (TPSA) is 50.9 Å². The average Bonchev–Trinajstić information content (AvgIpc) is 3.04. The van der Waals surface area contributed by atoms with Crippen molar-refractivity contribution < 1.29 is 5.11 Å². The van der Waals surface area contributed by atoms with Crippen molar-refractivity contribution in [2.75, 3.05) is 0 Å². The molecule has 4 heteroatoms. The molecule has 0 bridgehead atoms. The predicted octanol–water partition coefficient (Wildman–Crippen LogP) is 2.07. The van der Waals surface area contributed by atoms with Crippen LogP contribution < -0.4 is 0 Å². The summed E-state index contributed by atoms with van der Waals surface area (Å²) in [5, 5.41) is 13.6. The molecule has 1 saturated carbocycles. The number of phenolic OH excluding ortho intramolecular Hbond substituents is 1. The van der Waals surface area contributed by atoms with E-state index >= 15 is 0 Å². The second-order valence-corrected chi connectivity index (χ2v) is 4.24. The van der Waals surface area contributed by atoms with Crippen LogP contribution in [0, 0.1) is 0 Å². The van der Waals surface area contributed by atoms with Crippen LogP contribution >= 0.6 is 0 Å². The zero-order valence-corrected chi connectivity index (χ0v) is 9.09. The number of rotatable bonds is 2. The van der Waals surface area contributed by atoms with Gasteiger partial charge in [0.25, 0.3) is 0 Å². The van der Waals surface area contributed by atoms with E-state index in [2.05, 4.69) is 10.1 Å². The largest absolute Gasteiger partial charge is 0.508 e. The van der Waals surface area contributed by atoms with Gasteiger partial charge in [-0.3, -0.25) is 4.68 Å². The van der Waals surface area contributed by atoms with Gasteiger partial charge in [0.2, 0.25) is 0 Å². The van der Waals surface area contributed by atoms with Crippen molar-refractivity contribution in [2.45, 2.75) is 18.8 Å². The van der Waals surface area contributed by atoms with E-state index in [-0.39, 0.29) is 5.75 Å². The smallest absolute Gasteiger partial charge is 0.181 e. The highest BCUT2D eigenvalue weighted by atomic mass is 16.3. The highest BCUT2D eigenvalue weighted by molar-refractivity contribution is 5.55. The molecule has 0 atom stereocenters. The quantitative estimate of drug-likeness (QED) is 0.834. The summed E-state index contributed by atoms with van der Waals surface area (Å²) in [7, 11) is 1.94. The lowest BCUT2D eigenvalue weighted by molar-refractivity contribution is 0.475. The second kappa shape index (κ2) is 3.33. The Balaban J connectivity index is 1.99. The van der Waals surface area contributed by atoms with Crippen LogP contribution in [-0.2, 0) is 7.05 Å². The summed E-state index contributed by atoms with van der Waals surface area (Å²) in [4.78, 5) is 4.54. The maximum Gasteiger partial charge on any atom is 0.181 e. The van der Waals surface area contributed by atoms with Gasteiger partial charge in [-0.05, 0) is 37.1 Å². The van der Waals surface area contributed by atoms with Crippen molar-refractivity contribution in [3.8, 4) is 17.1 Å². The molecule has 16 heavy (non-hydrogen) atoms. The van der Waals surface area contributed by atoms with Crippen LogP contribution in [0.3, 0.4) is 0 Å². The molecule has 1 aliphatic carbocycles. The van der Waals surface area contributed by atoms with E-state index < -0.39 is 0 Å². The second-order valence-electron chi connectivity index (χ2n) is 4.24. The molecule has 1 aliphatic rings. The Morgan fingerprint density at radius 2 is 1.94 bits per heavy atom. The Morgan fingerprint density at radius 3 is 2.56 bits per heavy atom. The minimum atomic E-state index is 0.266. The zero-order valence-electron chi connectivity index (χ0n) is 9.09. The average molecular weight is 215 g/mol. The standard InChI is InChI=1S/C12H13N3O/c1-15-12(9-2-3-9)13-11(14-15)8-4-6-10(16)7-5-8/h4-7,9,16H,2-3H2,1H3. The number of nitrogens with zero attached hydrogens (tertiary/aromatic N) is 3. The molecule has 0 saturated heterocycles. The summed E-state index contributed by atoms with van der Waals surface area (Å²) in [6.07, 6.45) is 2.45. The van der Waals surface area contributed by atoms with Crippen molar-refractivity contribution in [2.24, 2.45) is 7.05 Å². The van der Waals surface area contributed by atoms with E-state index in [9.17, 15) is 5.11 Å². The Hall–Kier alpha value is -1.84. The predicted molar refractivity (Wildman–Crippen MR) is 60.1 cm³/mol. The maximum atomic E-state index is 9.22. The number of phenols is 1. The van der Waals surface area contributed by atoms with E-state index in [0.717, 1.165) is 17.2 Å². The molecule has 2 aromatic rings. The molecular formula is C12H13N3O. The highest BCUT2D eigenvalue weighted by Gasteiger charge is 2.28. The lowest BCUT2D eigenvalue weighted by atomic mass is 10.2. The van der Waals surface area contributed by atoms with Crippen molar-refractivity contribution in [3.63, 3.8) is 0 Å². The van der Waals surface area contributed by atoms with Crippen molar-refractivity contribution in [1.29, 1.82) is 0 Å². The van der Waals surface area contributed by atoms with Gasteiger partial charge in [0.15, 0.2) is 5.82 Å². The van der Waals surface area contributed by atoms with E-state index in [1.54, 1.807) is 12.1 Å². The van der Waals surface area contributed by atoms with Gasteiger partial charge in [-0.2, -0.15) is 5.10 Å². The van der Waals surface area contributed by atoms with Gasteiger partial charge in [-0.1, -0.05) is 0 Å².